The summed E-state index contributed by atoms with van der Waals surface area (Å²) in [5, 5.41) is 0. The van der Waals surface area contributed by atoms with Crippen LogP contribution in [0.1, 0.15) is 52.8 Å². The smallest absolute Gasteiger partial charge is 0.256 e. The Bertz CT molecular complexity index is 950. The molecule has 0 aromatic heterocycles. The van der Waals surface area contributed by atoms with Crippen LogP contribution in [0.15, 0.2) is 42.5 Å². The quantitative estimate of drug-likeness (QED) is 0.684. The standard InChI is InChI=1S/C25H28F2N2O3/c26-20-6-9-23(27)22(16-20)25(31)29-14-10-18(11-15-29)17-32-21-7-4-19(5-8-21)24(30)28-12-2-1-3-13-28/h4-9,16,18H,1-3,10-15,17H2. The van der Waals surface area contributed by atoms with E-state index in [9.17, 15) is 18.4 Å². The fourth-order valence-corrected chi connectivity index (χ4v) is 4.32. The summed E-state index contributed by atoms with van der Waals surface area (Å²) in [6, 6.07) is 10.2. The van der Waals surface area contributed by atoms with Gasteiger partial charge < -0.3 is 14.5 Å². The van der Waals surface area contributed by atoms with E-state index in [1.165, 1.54) is 6.42 Å². The molecule has 0 atom stereocenters. The number of carbonyl (C=O) groups excluding carboxylic acids is 2. The van der Waals surface area contributed by atoms with Gasteiger partial charge in [0.1, 0.15) is 17.4 Å². The molecule has 2 aliphatic heterocycles. The molecule has 2 saturated heterocycles. The lowest BCUT2D eigenvalue weighted by molar-refractivity contribution is 0.0654. The lowest BCUT2D eigenvalue weighted by Crippen LogP contribution is -2.40. The second-order valence-corrected chi connectivity index (χ2v) is 8.55. The highest BCUT2D eigenvalue weighted by Crippen LogP contribution is 2.23. The third-order valence-electron chi connectivity index (χ3n) is 6.29. The maximum Gasteiger partial charge on any atom is 0.256 e. The van der Waals surface area contributed by atoms with E-state index in [4.69, 9.17) is 4.74 Å². The molecule has 7 heteroatoms. The molecule has 5 nitrogen and oxygen atoms in total. The predicted octanol–water partition coefficient (Wildman–Crippen LogP) is 4.52. The molecule has 0 spiro atoms. The highest BCUT2D eigenvalue weighted by atomic mass is 19.1. The van der Waals surface area contributed by atoms with Crippen molar-refractivity contribution in [1.29, 1.82) is 0 Å². The molecule has 0 bridgehead atoms. The van der Waals surface area contributed by atoms with Crippen LogP contribution in [0.4, 0.5) is 8.78 Å². The van der Waals surface area contributed by atoms with Gasteiger partial charge in [-0.3, -0.25) is 9.59 Å². The molecule has 2 amide bonds. The van der Waals surface area contributed by atoms with Gasteiger partial charge in [-0.25, -0.2) is 8.78 Å². The SMILES string of the molecule is O=C(c1ccc(OCC2CCN(C(=O)c3cc(F)ccc3F)CC2)cc1)N1CCCCC1. The zero-order chi connectivity index (χ0) is 22.5. The largest absolute Gasteiger partial charge is 0.493 e. The number of ether oxygens (including phenoxy) is 1. The summed E-state index contributed by atoms with van der Waals surface area (Å²) in [5.41, 5.74) is 0.453. The number of halogens is 2. The summed E-state index contributed by atoms with van der Waals surface area (Å²) in [4.78, 5) is 28.5. The third-order valence-corrected chi connectivity index (χ3v) is 6.29. The summed E-state index contributed by atoms with van der Waals surface area (Å²) in [6.07, 6.45) is 4.77. The molecule has 2 heterocycles. The fraction of sp³-hybridized carbons (Fsp3) is 0.440. The zero-order valence-corrected chi connectivity index (χ0v) is 18.1. The lowest BCUT2D eigenvalue weighted by atomic mass is 9.97. The van der Waals surface area contributed by atoms with Crippen LogP contribution in [0, 0.1) is 17.6 Å². The second kappa shape index (κ2) is 10.1. The maximum atomic E-state index is 13.9. The molecule has 2 aliphatic rings. The number of likely N-dealkylation sites (tertiary alicyclic amines) is 2. The molecule has 2 aromatic carbocycles. The van der Waals surface area contributed by atoms with Crippen LogP contribution in [0.2, 0.25) is 0 Å². The van der Waals surface area contributed by atoms with Crippen molar-refractivity contribution in [1.82, 2.24) is 9.80 Å². The van der Waals surface area contributed by atoms with Gasteiger partial charge in [0.2, 0.25) is 0 Å². The Morgan fingerprint density at radius 3 is 2.19 bits per heavy atom. The van der Waals surface area contributed by atoms with Crippen molar-refractivity contribution in [2.24, 2.45) is 5.92 Å². The van der Waals surface area contributed by atoms with Crippen LogP contribution in [-0.4, -0.2) is 54.4 Å². The van der Waals surface area contributed by atoms with Crippen molar-refractivity contribution in [2.45, 2.75) is 32.1 Å². The molecule has 0 N–H and O–H groups in total. The Morgan fingerprint density at radius 1 is 0.844 bits per heavy atom. The third kappa shape index (κ3) is 5.26. The van der Waals surface area contributed by atoms with E-state index in [-0.39, 0.29) is 17.4 Å². The van der Waals surface area contributed by atoms with Crippen LogP contribution in [0.5, 0.6) is 5.75 Å². The van der Waals surface area contributed by atoms with Crippen molar-refractivity contribution in [3.63, 3.8) is 0 Å². The molecular formula is C25H28F2N2O3. The van der Waals surface area contributed by atoms with Crippen LogP contribution in [0.25, 0.3) is 0 Å². The van der Waals surface area contributed by atoms with Crippen molar-refractivity contribution in [3.8, 4) is 5.75 Å². The van der Waals surface area contributed by atoms with Crippen molar-refractivity contribution >= 4 is 11.8 Å². The highest BCUT2D eigenvalue weighted by Gasteiger charge is 2.26. The Balaban J connectivity index is 1.24. The second-order valence-electron chi connectivity index (χ2n) is 8.55. The molecule has 170 valence electrons. The number of benzene rings is 2. The summed E-state index contributed by atoms with van der Waals surface area (Å²) in [5.74, 6) is -0.754. The summed E-state index contributed by atoms with van der Waals surface area (Å²) in [6.45, 7) is 3.11. The van der Waals surface area contributed by atoms with Crippen molar-refractivity contribution in [3.05, 3.63) is 65.2 Å². The number of carbonyl (C=O) groups is 2. The Labute approximate surface area is 187 Å². The molecule has 0 unspecified atom stereocenters. The Kier molecular flexibility index (Phi) is 7.02. The van der Waals surface area contributed by atoms with Crippen LogP contribution < -0.4 is 4.74 Å². The predicted molar refractivity (Wildman–Crippen MR) is 117 cm³/mol. The number of amides is 2. The Morgan fingerprint density at radius 2 is 1.50 bits per heavy atom. The maximum absolute atomic E-state index is 13.9. The normalized spacial score (nSPS) is 17.3. The first-order valence-corrected chi connectivity index (χ1v) is 11.3. The van der Waals surface area contributed by atoms with Crippen LogP contribution in [0.3, 0.4) is 0 Å². The molecule has 0 radical (unpaired) electrons. The van der Waals surface area contributed by atoms with Gasteiger partial charge in [0.25, 0.3) is 11.8 Å². The minimum atomic E-state index is -0.705. The van der Waals surface area contributed by atoms with E-state index in [2.05, 4.69) is 0 Å². The van der Waals surface area contributed by atoms with Gasteiger partial charge in [-0.15, -0.1) is 0 Å². The van der Waals surface area contributed by atoms with Gasteiger partial charge in [-0.05, 0) is 80.5 Å². The van der Waals surface area contributed by atoms with Gasteiger partial charge in [0.15, 0.2) is 0 Å². The van der Waals surface area contributed by atoms with E-state index in [0.29, 0.717) is 31.0 Å². The highest BCUT2D eigenvalue weighted by molar-refractivity contribution is 5.95. The zero-order valence-electron chi connectivity index (χ0n) is 18.1. The average Bonchev–Trinajstić information content (AvgIpc) is 2.84. The minimum absolute atomic E-state index is 0.0722. The van der Waals surface area contributed by atoms with E-state index >= 15 is 0 Å². The van der Waals surface area contributed by atoms with Crippen molar-refractivity contribution < 1.29 is 23.1 Å². The van der Waals surface area contributed by atoms with E-state index in [0.717, 1.165) is 57.0 Å². The van der Waals surface area contributed by atoms with Gasteiger partial charge in [0.05, 0.1) is 12.2 Å². The van der Waals surface area contributed by atoms with E-state index < -0.39 is 17.5 Å². The van der Waals surface area contributed by atoms with Gasteiger partial charge in [0, 0.05) is 31.7 Å². The summed E-state index contributed by atoms with van der Waals surface area (Å²) in [7, 11) is 0. The van der Waals surface area contributed by atoms with Gasteiger partial charge in [-0.1, -0.05) is 0 Å². The first-order valence-electron chi connectivity index (χ1n) is 11.3. The first kappa shape index (κ1) is 22.2. The lowest BCUT2D eigenvalue weighted by Gasteiger charge is -2.32. The molecule has 0 saturated carbocycles. The summed E-state index contributed by atoms with van der Waals surface area (Å²) < 4.78 is 33.2. The average molecular weight is 443 g/mol. The number of rotatable bonds is 5. The molecule has 4 rings (SSSR count). The van der Waals surface area contributed by atoms with E-state index in [1.807, 2.05) is 17.0 Å². The monoisotopic (exact) mass is 442 g/mol. The number of hydrogen-bond donors (Lipinski definition) is 0. The first-order chi connectivity index (χ1) is 15.5. The molecule has 0 aliphatic carbocycles. The molecule has 2 fully saturated rings. The fourth-order valence-electron chi connectivity index (χ4n) is 4.32. The van der Waals surface area contributed by atoms with E-state index in [1.54, 1.807) is 17.0 Å². The number of nitrogens with zero attached hydrogens (tertiary/aromatic N) is 2. The summed E-state index contributed by atoms with van der Waals surface area (Å²) >= 11 is 0. The minimum Gasteiger partial charge on any atom is -0.493 e. The Hall–Kier alpha value is -2.96. The topological polar surface area (TPSA) is 49.9 Å². The number of hydrogen-bond acceptors (Lipinski definition) is 3. The van der Waals surface area contributed by atoms with Crippen LogP contribution in [-0.2, 0) is 0 Å². The van der Waals surface area contributed by atoms with Crippen LogP contribution >= 0.6 is 0 Å². The molecular weight excluding hydrogens is 414 g/mol. The van der Waals surface area contributed by atoms with Gasteiger partial charge >= 0.3 is 0 Å². The van der Waals surface area contributed by atoms with Gasteiger partial charge in [-0.2, -0.15) is 0 Å². The van der Waals surface area contributed by atoms with Crippen molar-refractivity contribution in [2.75, 3.05) is 32.8 Å². The molecule has 2 aromatic rings. The number of piperidine rings is 2. The molecule has 32 heavy (non-hydrogen) atoms.